The first-order valence-electron chi connectivity index (χ1n) is 5.66. The Morgan fingerprint density at radius 3 is 2.78 bits per heavy atom. The van der Waals surface area contributed by atoms with Crippen LogP contribution in [0.5, 0.6) is 0 Å². The first kappa shape index (κ1) is 12.2. The van der Waals surface area contributed by atoms with Crippen LogP contribution >= 0.6 is 0 Å². The normalized spacial score (nSPS) is 10.1. The van der Waals surface area contributed by atoms with Gasteiger partial charge in [0.25, 0.3) is 0 Å². The Morgan fingerprint density at radius 1 is 1.28 bits per heavy atom. The van der Waals surface area contributed by atoms with Crippen LogP contribution in [0.15, 0.2) is 24.7 Å². The maximum absolute atomic E-state index is 5.41. The molecule has 0 aromatic carbocycles. The lowest BCUT2D eigenvalue weighted by atomic mass is 10.2. The molecule has 0 amide bonds. The summed E-state index contributed by atoms with van der Waals surface area (Å²) in [6.45, 7) is 2.58. The second-order valence-corrected chi connectivity index (χ2v) is 3.62. The quantitative estimate of drug-likeness (QED) is 0.527. The first-order chi connectivity index (χ1) is 8.85. The second-order valence-electron chi connectivity index (χ2n) is 3.62. The zero-order chi connectivity index (χ0) is 12.8. The summed E-state index contributed by atoms with van der Waals surface area (Å²) in [5, 5.41) is 11.0. The second kappa shape index (κ2) is 5.87. The molecule has 7 heteroatoms. The standard InChI is InChI=1S/C11H15N7/c1-2-9-10(14-7-15-11(9)17-12)13-6-8-4-3-5-16-18-8/h3-5,7H,2,6,12H2,1H3,(H2,13,14,15,17). The fourth-order valence-electron chi connectivity index (χ4n) is 1.63. The number of hydrazine groups is 1. The van der Waals surface area contributed by atoms with Crippen LogP contribution in [0.25, 0.3) is 0 Å². The van der Waals surface area contributed by atoms with Gasteiger partial charge in [-0.3, -0.25) is 0 Å². The third kappa shape index (κ3) is 2.69. The van der Waals surface area contributed by atoms with Crippen molar-refractivity contribution >= 4 is 11.6 Å². The van der Waals surface area contributed by atoms with Gasteiger partial charge < -0.3 is 10.7 Å². The number of hydrogen-bond acceptors (Lipinski definition) is 7. The van der Waals surface area contributed by atoms with E-state index in [0.717, 1.165) is 23.5 Å². The molecule has 2 aromatic rings. The molecule has 2 rings (SSSR count). The van der Waals surface area contributed by atoms with Crippen molar-refractivity contribution in [3.8, 4) is 0 Å². The topological polar surface area (TPSA) is 102 Å². The maximum atomic E-state index is 5.41. The van der Waals surface area contributed by atoms with Crippen molar-refractivity contribution in [3.63, 3.8) is 0 Å². The summed E-state index contributed by atoms with van der Waals surface area (Å²) < 4.78 is 0. The van der Waals surface area contributed by atoms with Gasteiger partial charge in [-0.2, -0.15) is 10.2 Å². The Labute approximate surface area is 105 Å². The Morgan fingerprint density at radius 2 is 2.11 bits per heavy atom. The van der Waals surface area contributed by atoms with Crippen LogP contribution in [0.2, 0.25) is 0 Å². The monoisotopic (exact) mass is 245 g/mol. The van der Waals surface area contributed by atoms with Crippen molar-refractivity contribution in [1.29, 1.82) is 0 Å². The molecule has 0 saturated carbocycles. The lowest BCUT2D eigenvalue weighted by molar-refractivity contribution is 0.913. The average molecular weight is 245 g/mol. The molecular weight excluding hydrogens is 230 g/mol. The minimum atomic E-state index is 0.557. The average Bonchev–Trinajstić information content (AvgIpc) is 2.45. The van der Waals surface area contributed by atoms with Gasteiger partial charge in [0.2, 0.25) is 0 Å². The highest BCUT2D eigenvalue weighted by Crippen LogP contribution is 2.19. The van der Waals surface area contributed by atoms with Gasteiger partial charge >= 0.3 is 0 Å². The molecule has 0 radical (unpaired) electrons. The molecule has 0 unspecified atom stereocenters. The third-order valence-electron chi connectivity index (χ3n) is 2.50. The van der Waals surface area contributed by atoms with E-state index in [1.807, 2.05) is 19.1 Å². The summed E-state index contributed by atoms with van der Waals surface area (Å²) >= 11 is 0. The minimum Gasteiger partial charge on any atom is -0.364 e. The maximum Gasteiger partial charge on any atom is 0.148 e. The van der Waals surface area contributed by atoms with Crippen LogP contribution in [0.4, 0.5) is 11.6 Å². The Bertz CT molecular complexity index is 500. The summed E-state index contributed by atoms with van der Waals surface area (Å²) in [6.07, 6.45) is 3.89. The minimum absolute atomic E-state index is 0.557. The van der Waals surface area contributed by atoms with Gasteiger partial charge in [0.15, 0.2) is 0 Å². The predicted octanol–water partition coefficient (Wildman–Crippen LogP) is 0.727. The lowest BCUT2D eigenvalue weighted by Crippen LogP contribution is -2.14. The Kier molecular flexibility index (Phi) is 3.98. The van der Waals surface area contributed by atoms with Gasteiger partial charge in [-0.05, 0) is 18.6 Å². The molecule has 0 saturated heterocycles. The molecule has 0 bridgehead atoms. The van der Waals surface area contributed by atoms with Gasteiger partial charge in [0.1, 0.15) is 18.0 Å². The smallest absolute Gasteiger partial charge is 0.148 e. The number of anilines is 2. The van der Waals surface area contributed by atoms with Gasteiger partial charge in [-0.15, -0.1) is 0 Å². The van der Waals surface area contributed by atoms with E-state index in [9.17, 15) is 0 Å². The molecule has 0 aliphatic carbocycles. The van der Waals surface area contributed by atoms with Crippen LogP contribution in [-0.2, 0) is 13.0 Å². The van der Waals surface area contributed by atoms with Crippen molar-refractivity contribution in [2.24, 2.45) is 5.84 Å². The summed E-state index contributed by atoms with van der Waals surface area (Å²) in [7, 11) is 0. The number of nitrogens with two attached hydrogens (primary N) is 1. The molecule has 0 atom stereocenters. The summed E-state index contributed by atoms with van der Waals surface area (Å²) in [5.41, 5.74) is 4.36. The number of nitrogens with one attached hydrogen (secondary N) is 2. The molecule has 0 aliphatic heterocycles. The van der Waals surface area contributed by atoms with Crippen molar-refractivity contribution in [1.82, 2.24) is 20.2 Å². The Hall–Kier alpha value is -2.28. The van der Waals surface area contributed by atoms with Gasteiger partial charge in [0.05, 0.1) is 12.2 Å². The number of nitrogens with zero attached hydrogens (tertiary/aromatic N) is 4. The largest absolute Gasteiger partial charge is 0.364 e. The molecule has 0 aliphatic rings. The fraction of sp³-hybridized carbons (Fsp3) is 0.273. The van der Waals surface area contributed by atoms with E-state index >= 15 is 0 Å². The van der Waals surface area contributed by atoms with E-state index in [1.54, 1.807) is 6.20 Å². The SMILES string of the molecule is CCc1c(NN)ncnc1NCc1cccnn1. The molecule has 2 aromatic heterocycles. The van der Waals surface area contributed by atoms with Crippen LogP contribution in [0, 0.1) is 0 Å². The van der Waals surface area contributed by atoms with E-state index in [1.165, 1.54) is 6.33 Å². The summed E-state index contributed by atoms with van der Waals surface area (Å²) in [5.74, 6) is 6.80. The number of hydrogen-bond donors (Lipinski definition) is 3. The summed E-state index contributed by atoms with van der Waals surface area (Å²) in [6, 6.07) is 3.74. The number of nitrogen functional groups attached to an aromatic ring is 1. The van der Waals surface area contributed by atoms with E-state index in [4.69, 9.17) is 5.84 Å². The Balaban J connectivity index is 2.14. The summed E-state index contributed by atoms with van der Waals surface area (Å²) in [4.78, 5) is 8.28. The van der Waals surface area contributed by atoms with E-state index in [-0.39, 0.29) is 0 Å². The highest BCUT2D eigenvalue weighted by Gasteiger charge is 2.08. The van der Waals surface area contributed by atoms with Gasteiger partial charge in [-0.1, -0.05) is 6.92 Å². The molecular formula is C11H15N7. The van der Waals surface area contributed by atoms with Crippen LogP contribution < -0.4 is 16.6 Å². The van der Waals surface area contributed by atoms with Crippen LogP contribution in [0.1, 0.15) is 18.2 Å². The predicted molar refractivity (Wildman–Crippen MR) is 68.6 cm³/mol. The molecule has 0 spiro atoms. The van der Waals surface area contributed by atoms with E-state index in [2.05, 4.69) is 30.9 Å². The van der Waals surface area contributed by atoms with Crippen molar-refractivity contribution in [2.45, 2.75) is 19.9 Å². The molecule has 0 fully saturated rings. The molecule has 2 heterocycles. The zero-order valence-electron chi connectivity index (χ0n) is 10.1. The lowest BCUT2D eigenvalue weighted by Gasteiger charge is -2.12. The molecule has 18 heavy (non-hydrogen) atoms. The van der Waals surface area contributed by atoms with Crippen molar-refractivity contribution < 1.29 is 0 Å². The molecule has 4 N–H and O–H groups in total. The molecule has 7 nitrogen and oxygen atoms in total. The first-order valence-corrected chi connectivity index (χ1v) is 5.66. The van der Waals surface area contributed by atoms with E-state index < -0.39 is 0 Å². The highest BCUT2D eigenvalue weighted by molar-refractivity contribution is 5.56. The fourth-order valence-corrected chi connectivity index (χ4v) is 1.63. The number of rotatable bonds is 5. The van der Waals surface area contributed by atoms with Crippen molar-refractivity contribution in [2.75, 3.05) is 10.7 Å². The van der Waals surface area contributed by atoms with Gasteiger partial charge in [0, 0.05) is 11.8 Å². The third-order valence-corrected chi connectivity index (χ3v) is 2.50. The number of aromatic nitrogens is 4. The van der Waals surface area contributed by atoms with Gasteiger partial charge in [-0.25, -0.2) is 15.8 Å². The molecule has 94 valence electrons. The highest BCUT2D eigenvalue weighted by atomic mass is 15.3. The van der Waals surface area contributed by atoms with Crippen LogP contribution in [0.3, 0.4) is 0 Å². The zero-order valence-corrected chi connectivity index (χ0v) is 10.1. The van der Waals surface area contributed by atoms with Crippen molar-refractivity contribution in [3.05, 3.63) is 35.9 Å². The van der Waals surface area contributed by atoms with E-state index in [0.29, 0.717) is 12.4 Å². The van der Waals surface area contributed by atoms with Crippen LogP contribution in [-0.4, -0.2) is 20.2 Å².